The number of aromatic nitrogens is 1. The molecule has 0 radical (unpaired) electrons. The number of rotatable bonds is 3. The molecule has 4 rings (SSSR count). The molecular weight excluding hydrogens is 330 g/mol. The molecule has 1 heterocycles. The number of carbonyl (C=O) groups excluding carboxylic acids is 2. The van der Waals surface area contributed by atoms with Crippen LogP contribution in [0.25, 0.3) is 21.9 Å². The topological polar surface area (TPSA) is 84.2 Å². The summed E-state index contributed by atoms with van der Waals surface area (Å²) in [6.07, 6.45) is 0. The molecule has 0 saturated carbocycles. The summed E-state index contributed by atoms with van der Waals surface area (Å²) in [5, 5.41) is 7.22. The summed E-state index contributed by atoms with van der Waals surface area (Å²) >= 11 is 0. The number of oxazole rings is 1. The Kier molecular flexibility index (Phi) is 3.85. The second-order valence-electron chi connectivity index (χ2n) is 5.86. The van der Waals surface area contributed by atoms with Crippen molar-refractivity contribution in [2.24, 2.45) is 0 Å². The zero-order valence-corrected chi connectivity index (χ0v) is 13.9. The van der Waals surface area contributed by atoms with E-state index in [9.17, 15) is 9.59 Å². The maximum Gasteiger partial charge on any atom is 0.302 e. The van der Waals surface area contributed by atoms with E-state index in [1.807, 2.05) is 36.4 Å². The van der Waals surface area contributed by atoms with Crippen molar-refractivity contribution in [1.82, 2.24) is 4.98 Å². The largest absolute Gasteiger partial charge is 0.423 e. The maximum atomic E-state index is 12.6. The number of fused-ring (bicyclic) bond motifs is 2. The van der Waals surface area contributed by atoms with Crippen molar-refractivity contribution in [3.05, 3.63) is 66.2 Å². The van der Waals surface area contributed by atoms with E-state index in [-0.39, 0.29) is 17.8 Å². The van der Waals surface area contributed by atoms with Crippen molar-refractivity contribution < 1.29 is 14.0 Å². The van der Waals surface area contributed by atoms with E-state index >= 15 is 0 Å². The monoisotopic (exact) mass is 345 g/mol. The zero-order chi connectivity index (χ0) is 18.1. The van der Waals surface area contributed by atoms with Crippen LogP contribution >= 0.6 is 0 Å². The summed E-state index contributed by atoms with van der Waals surface area (Å²) < 4.78 is 5.60. The maximum absolute atomic E-state index is 12.6. The number of hydrogen-bond donors (Lipinski definition) is 2. The first-order valence-electron chi connectivity index (χ1n) is 8.07. The van der Waals surface area contributed by atoms with Gasteiger partial charge < -0.3 is 9.73 Å². The smallest absolute Gasteiger partial charge is 0.302 e. The third kappa shape index (κ3) is 3.00. The van der Waals surface area contributed by atoms with Gasteiger partial charge in [0.1, 0.15) is 5.52 Å². The standard InChI is InChI=1S/C20H15N3O3/c1-12(24)21-14-9-10-17-18(11-14)26-20(22-17)23-19(25)16-8-4-6-13-5-2-3-7-15(13)16/h2-11H,1H3,(H,21,24)(H,22,23,25). The second kappa shape index (κ2) is 6.33. The fourth-order valence-electron chi connectivity index (χ4n) is 2.85. The molecule has 3 aromatic carbocycles. The van der Waals surface area contributed by atoms with Crippen LogP contribution in [0.1, 0.15) is 17.3 Å². The van der Waals surface area contributed by atoms with Gasteiger partial charge in [0.2, 0.25) is 5.91 Å². The molecule has 0 bridgehead atoms. The minimum absolute atomic E-state index is 0.109. The molecule has 1 aromatic heterocycles. The summed E-state index contributed by atoms with van der Waals surface area (Å²) in [5.74, 6) is -0.469. The van der Waals surface area contributed by atoms with Gasteiger partial charge in [-0.25, -0.2) is 0 Å². The lowest BCUT2D eigenvalue weighted by Gasteiger charge is -2.05. The lowest BCUT2D eigenvalue weighted by atomic mass is 10.0. The summed E-state index contributed by atoms with van der Waals surface area (Å²) in [6, 6.07) is 18.4. The van der Waals surface area contributed by atoms with E-state index in [0.29, 0.717) is 22.4 Å². The Morgan fingerprint density at radius 1 is 0.962 bits per heavy atom. The van der Waals surface area contributed by atoms with Crippen LogP contribution in [0.5, 0.6) is 0 Å². The van der Waals surface area contributed by atoms with E-state index in [4.69, 9.17) is 4.42 Å². The molecule has 26 heavy (non-hydrogen) atoms. The highest BCUT2D eigenvalue weighted by molar-refractivity contribution is 6.12. The highest BCUT2D eigenvalue weighted by Gasteiger charge is 2.14. The first-order chi connectivity index (χ1) is 12.6. The molecule has 0 aliphatic heterocycles. The van der Waals surface area contributed by atoms with E-state index in [0.717, 1.165) is 10.8 Å². The molecule has 0 fully saturated rings. The summed E-state index contributed by atoms with van der Waals surface area (Å²) in [7, 11) is 0. The van der Waals surface area contributed by atoms with Gasteiger partial charge in [0, 0.05) is 24.2 Å². The molecular formula is C20H15N3O3. The highest BCUT2D eigenvalue weighted by Crippen LogP contribution is 2.24. The lowest BCUT2D eigenvalue weighted by Crippen LogP contribution is -2.12. The third-order valence-corrected chi connectivity index (χ3v) is 3.96. The van der Waals surface area contributed by atoms with Crippen LogP contribution < -0.4 is 10.6 Å². The van der Waals surface area contributed by atoms with Gasteiger partial charge in [0.25, 0.3) is 5.91 Å². The number of benzene rings is 3. The van der Waals surface area contributed by atoms with Crippen LogP contribution in [0.2, 0.25) is 0 Å². The normalized spacial score (nSPS) is 10.8. The van der Waals surface area contributed by atoms with Crippen LogP contribution in [0.15, 0.2) is 65.1 Å². The fraction of sp³-hybridized carbons (Fsp3) is 0.0500. The molecule has 0 aliphatic carbocycles. The van der Waals surface area contributed by atoms with Crippen LogP contribution in [-0.2, 0) is 4.79 Å². The first-order valence-corrected chi connectivity index (χ1v) is 8.07. The highest BCUT2D eigenvalue weighted by atomic mass is 16.4. The number of amides is 2. The molecule has 2 N–H and O–H groups in total. The van der Waals surface area contributed by atoms with Crippen LogP contribution in [0, 0.1) is 0 Å². The molecule has 128 valence electrons. The number of nitrogens with zero attached hydrogens (tertiary/aromatic N) is 1. The number of carbonyl (C=O) groups is 2. The number of hydrogen-bond acceptors (Lipinski definition) is 4. The average molecular weight is 345 g/mol. The van der Waals surface area contributed by atoms with E-state index < -0.39 is 0 Å². The van der Waals surface area contributed by atoms with Crippen molar-refractivity contribution >= 4 is 45.4 Å². The van der Waals surface area contributed by atoms with E-state index in [1.54, 1.807) is 24.3 Å². The van der Waals surface area contributed by atoms with Gasteiger partial charge in [-0.05, 0) is 29.0 Å². The minimum atomic E-state index is -0.296. The van der Waals surface area contributed by atoms with Crippen molar-refractivity contribution in [3.8, 4) is 0 Å². The van der Waals surface area contributed by atoms with Crippen LogP contribution in [0.3, 0.4) is 0 Å². The van der Waals surface area contributed by atoms with Crippen molar-refractivity contribution in [2.75, 3.05) is 10.6 Å². The number of anilines is 2. The summed E-state index contributed by atoms with van der Waals surface area (Å²) in [4.78, 5) is 28.1. The Bertz CT molecular complexity index is 1140. The fourth-order valence-corrected chi connectivity index (χ4v) is 2.85. The molecule has 4 aromatic rings. The van der Waals surface area contributed by atoms with Gasteiger partial charge in [-0.3, -0.25) is 14.9 Å². The molecule has 0 unspecified atom stereocenters. The average Bonchev–Trinajstić information content (AvgIpc) is 3.02. The van der Waals surface area contributed by atoms with Gasteiger partial charge in [0.15, 0.2) is 5.58 Å². The van der Waals surface area contributed by atoms with Gasteiger partial charge in [0.05, 0.1) is 0 Å². The molecule has 0 atom stereocenters. The summed E-state index contributed by atoms with van der Waals surface area (Å²) in [5.41, 5.74) is 2.22. The second-order valence-corrected chi connectivity index (χ2v) is 5.86. The zero-order valence-electron chi connectivity index (χ0n) is 13.9. The van der Waals surface area contributed by atoms with Gasteiger partial charge >= 0.3 is 6.01 Å². The third-order valence-electron chi connectivity index (χ3n) is 3.96. The van der Waals surface area contributed by atoms with Gasteiger partial charge in [-0.1, -0.05) is 36.4 Å². The molecule has 0 spiro atoms. The Morgan fingerprint density at radius 3 is 2.62 bits per heavy atom. The Hall–Kier alpha value is -3.67. The van der Waals surface area contributed by atoms with Crippen LogP contribution in [0.4, 0.5) is 11.7 Å². The molecule has 6 nitrogen and oxygen atoms in total. The minimum Gasteiger partial charge on any atom is -0.423 e. The van der Waals surface area contributed by atoms with Crippen molar-refractivity contribution in [3.63, 3.8) is 0 Å². The number of nitrogens with one attached hydrogen (secondary N) is 2. The van der Waals surface area contributed by atoms with Crippen LogP contribution in [-0.4, -0.2) is 16.8 Å². The molecule has 2 amide bonds. The Labute approximate surface area is 148 Å². The van der Waals surface area contributed by atoms with Gasteiger partial charge in [-0.15, -0.1) is 0 Å². The molecule has 0 aliphatic rings. The molecule has 0 saturated heterocycles. The van der Waals surface area contributed by atoms with Crippen molar-refractivity contribution in [2.45, 2.75) is 6.92 Å². The first kappa shape index (κ1) is 15.8. The summed E-state index contributed by atoms with van der Waals surface area (Å²) in [6.45, 7) is 1.43. The lowest BCUT2D eigenvalue weighted by molar-refractivity contribution is -0.114. The Balaban J connectivity index is 1.64. The predicted octanol–water partition coefficient (Wildman–Crippen LogP) is 4.19. The Morgan fingerprint density at radius 2 is 1.77 bits per heavy atom. The van der Waals surface area contributed by atoms with Crippen molar-refractivity contribution in [1.29, 1.82) is 0 Å². The van der Waals surface area contributed by atoms with E-state index in [1.165, 1.54) is 6.92 Å². The van der Waals surface area contributed by atoms with E-state index in [2.05, 4.69) is 15.6 Å². The quantitative estimate of drug-likeness (QED) is 0.583. The van der Waals surface area contributed by atoms with Gasteiger partial charge in [-0.2, -0.15) is 4.98 Å². The molecule has 6 heteroatoms. The predicted molar refractivity (Wildman–Crippen MR) is 100 cm³/mol. The SMILES string of the molecule is CC(=O)Nc1ccc2nc(NC(=O)c3cccc4ccccc34)oc2c1.